The van der Waals surface area contributed by atoms with E-state index in [2.05, 4.69) is 20.1 Å². The maximum absolute atomic E-state index is 13.2. The van der Waals surface area contributed by atoms with Crippen LogP contribution < -0.4 is 4.90 Å². The summed E-state index contributed by atoms with van der Waals surface area (Å²) in [6.07, 6.45) is 1.59. The van der Waals surface area contributed by atoms with Gasteiger partial charge in [-0.05, 0) is 48.9 Å². The van der Waals surface area contributed by atoms with Crippen LogP contribution >= 0.6 is 34.7 Å². The summed E-state index contributed by atoms with van der Waals surface area (Å²) in [4.78, 5) is 32.3. The number of aromatic nitrogens is 4. The van der Waals surface area contributed by atoms with Crippen LogP contribution in [0.5, 0.6) is 0 Å². The second-order valence-corrected chi connectivity index (χ2v) is 11.8. The number of non-ortho nitro benzene ring substituents is 1. The highest BCUT2D eigenvalue weighted by molar-refractivity contribution is 7.98. The molecular formula is C28H24ClN7O4S2. The summed E-state index contributed by atoms with van der Waals surface area (Å²) in [7, 11) is 0. The summed E-state index contributed by atoms with van der Waals surface area (Å²) in [6, 6.07) is 15.8. The van der Waals surface area contributed by atoms with Crippen molar-refractivity contribution in [1.29, 1.82) is 0 Å². The van der Waals surface area contributed by atoms with Gasteiger partial charge >= 0.3 is 0 Å². The number of aryl methyl sites for hydroxylation is 1. The number of rotatable bonds is 8. The summed E-state index contributed by atoms with van der Waals surface area (Å²) in [5.41, 5.74) is 3.23. The molecule has 0 atom stereocenters. The number of nitro benzene ring substituents is 1. The van der Waals surface area contributed by atoms with E-state index in [0.717, 1.165) is 21.9 Å². The second kappa shape index (κ2) is 12.0. The first-order valence-electron chi connectivity index (χ1n) is 13.0. The highest BCUT2D eigenvalue weighted by atomic mass is 35.5. The highest BCUT2D eigenvalue weighted by Crippen LogP contribution is 2.33. The molecule has 0 spiro atoms. The predicted molar refractivity (Wildman–Crippen MR) is 162 cm³/mol. The van der Waals surface area contributed by atoms with Crippen molar-refractivity contribution in [1.82, 2.24) is 24.6 Å². The number of piperazine rings is 1. The van der Waals surface area contributed by atoms with Crippen LogP contribution in [-0.4, -0.2) is 61.7 Å². The molecule has 0 unspecified atom stereocenters. The molecule has 6 rings (SSSR count). The van der Waals surface area contributed by atoms with Crippen LogP contribution in [0, 0.1) is 17.0 Å². The van der Waals surface area contributed by atoms with Crippen LogP contribution in [0.3, 0.4) is 0 Å². The van der Waals surface area contributed by atoms with E-state index in [4.69, 9.17) is 16.0 Å². The Hall–Kier alpha value is -4.20. The zero-order valence-corrected chi connectivity index (χ0v) is 24.7. The fraction of sp³-hybridized carbons (Fsp3) is 0.214. The molecule has 214 valence electrons. The Morgan fingerprint density at radius 3 is 2.62 bits per heavy atom. The molecule has 0 radical (unpaired) electrons. The Morgan fingerprint density at radius 2 is 1.90 bits per heavy atom. The number of halogens is 1. The average molecular weight is 622 g/mol. The van der Waals surface area contributed by atoms with E-state index in [9.17, 15) is 14.9 Å². The molecule has 0 saturated carbocycles. The second-order valence-electron chi connectivity index (χ2n) is 9.52. The number of hydrogen-bond donors (Lipinski definition) is 0. The third-order valence-corrected chi connectivity index (χ3v) is 9.08. The van der Waals surface area contributed by atoms with Gasteiger partial charge in [0.25, 0.3) is 11.6 Å². The lowest BCUT2D eigenvalue weighted by Crippen LogP contribution is -2.48. The van der Waals surface area contributed by atoms with Crippen LogP contribution in [0.15, 0.2) is 75.8 Å². The third kappa shape index (κ3) is 5.75. The van der Waals surface area contributed by atoms with Crippen molar-refractivity contribution in [2.75, 3.05) is 31.1 Å². The van der Waals surface area contributed by atoms with Crippen molar-refractivity contribution in [3.63, 3.8) is 0 Å². The number of thioether (sulfide) groups is 1. The van der Waals surface area contributed by atoms with Crippen LogP contribution in [0.25, 0.3) is 17.3 Å². The first-order chi connectivity index (χ1) is 20.4. The topological polar surface area (TPSA) is 123 Å². The van der Waals surface area contributed by atoms with Crippen molar-refractivity contribution < 1.29 is 14.1 Å². The zero-order valence-electron chi connectivity index (χ0n) is 22.3. The smallest absolute Gasteiger partial charge is 0.273 e. The average Bonchev–Trinajstić information content (AvgIpc) is 3.78. The third-order valence-electron chi connectivity index (χ3n) is 6.88. The van der Waals surface area contributed by atoms with Gasteiger partial charge in [0.15, 0.2) is 10.9 Å². The zero-order chi connectivity index (χ0) is 29.2. The normalized spacial score (nSPS) is 13.5. The molecule has 11 nitrogen and oxygen atoms in total. The number of thiazole rings is 1. The van der Waals surface area contributed by atoms with Crippen LogP contribution in [0.4, 0.5) is 11.4 Å². The van der Waals surface area contributed by atoms with Crippen molar-refractivity contribution >= 4 is 52.0 Å². The maximum Gasteiger partial charge on any atom is 0.273 e. The largest absolute Gasteiger partial charge is 0.461 e. The standard InChI is InChI=1S/C28H24ClN7O4S2/c1-18-4-5-19(29)15-23(18)35-26(24-3-2-14-40-24)31-32-28(35)42-17-25-30-22(16-41-25)27(37)34-12-10-33(11-13-34)20-6-8-21(9-7-20)36(38)39/h2-9,14-16H,10-13,17H2,1H3. The molecule has 3 aromatic heterocycles. The van der Waals surface area contributed by atoms with Gasteiger partial charge in [-0.25, -0.2) is 4.98 Å². The summed E-state index contributed by atoms with van der Waals surface area (Å²) >= 11 is 9.23. The van der Waals surface area contributed by atoms with Crippen LogP contribution in [0.1, 0.15) is 21.1 Å². The number of furan rings is 1. The fourth-order valence-corrected chi connectivity index (χ4v) is 6.58. The van der Waals surface area contributed by atoms with Crippen LogP contribution in [-0.2, 0) is 5.75 Å². The molecule has 5 aromatic rings. The van der Waals surface area contributed by atoms with Gasteiger partial charge in [0.2, 0.25) is 5.82 Å². The maximum atomic E-state index is 13.2. The van der Waals surface area contributed by atoms with E-state index in [-0.39, 0.29) is 11.6 Å². The molecule has 1 aliphatic heterocycles. The molecule has 1 saturated heterocycles. The Kier molecular flexibility index (Phi) is 7.96. The predicted octanol–water partition coefficient (Wildman–Crippen LogP) is 6.11. The van der Waals surface area contributed by atoms with E-state index in [1.807, 2.05) is 35.8 Å². The first kappa shape index (κ1) is 27.9. The molecule has 1 amide bonds. The molecule has 4 heterocycles. The van der Waals surface area contributed by atoms with E-state index in [1.165, 1.54) is 35.2 Å². The van der Waals surface area contributed by atoms with Gasteiger partial charge in [-0.3, -0.25) is 19.5 Å². The van der Waals surface area contributed by atoms with Crippen molar-refractivity contribution in [2.24, 2.45) is 0 Å². The number of amides is 1. The van der Waals surface area contributed by atoms with Gasteiger partial charge in [-0.1, -0.05) is 29.4 Å². The lowest BCUT2D eigenvalue weighted by molar-refractivity contribution is -0.384. The Balaban J connectivity index is 1.12. The van der Waals surface area contributed by atoms with Gasteiger partial charge in [0, 0.05) is 54.4 Å². The first-order valence-corrected chi connectivity index (χ1v) is 15.2. The molecule has 0 bridgehead atoms. The fourth-order valence-electron chi connectivity index (χ4n) is 4.69. The monoisotopic (exact) mass is 621 g/mol. The molecule has 2 aromatic carbocycles. The Labute approximate surface area is 253 Å². The van der Waals surface area contributed by atoms with Crippen molar-refractivity contribution in [2.45, 2.75) is 17.8 Å². The number of carbonyl (C=O) groups excluding carboxylic acids is 1. The lowest BCUT2D eigenvalue weighted by Gasteiger charge is -2.35. The number of benzene rings is 2. The minimum atomic E-state index is -0.412. The molecule has 1 aliphatic rings. The SMILES string of the molecule is Cc1ccc(Cl)cc1-n1c(SCc2nc(C(=O)N3CCN(c4ccc([N+](=O)[O-])cc4)CC3)cs2)nnc1-c1ccco1. The number of anilines is 1. The van der Waals surface area contributed by atoms with Gasteiger partial charge in [0.05, 0.1) is 22.6 Å². The molecule has 0 aliphatic carbocycles. The number of carbonyl (C=O) groups is 1. The minimum absolute atomic E-state index is 0.0582. The summed E-state index contributed by atoms with van der Waals surface area (Å²) in [5.74, 6) is 1.55. The number of hydrogen-bond acceptors (Lipinski definition) is 10. The van der Waals surface area contributed by atoms with Gasteiger partial charge in [-0.2, -0.15) is 0 Å². The molecule has 14 heteroatoms. The summed E-state index contributed by atoms with van der Waals surface area (Å²) < 4.78 is 7.54. The molecule has 1 fully saturated rings. The Morgan fingerprint density at radius 1 is 1.12 bits per heavy atom. The number of nitrogens with zero attached hydrogens (tertiary/aromatic N) is 7. The molecule has 0 N–H and O–H groups in total. The Bertz CT molecular complexity index is 1730. The summed E-state index contributed by atoms with van der Waals surface area (Å²) in [6.45, 7) is 4.33. The van der Waals surface area contributed by atoms with Gasteiger partial charge in [0.1, 0.15) is 10.7 Å². The molecular weight excluding hydrogens is 598 g/mol. The van der Waals surface area contributed by atoms with Crippen molar-refractivity contribution in [3.8, 4) is 17.3 Å². The van der Waals surface area contributed by atoms with Crippen LogP contribution in [0.2, 0.25) is 5.02 Å². The highest BCUT2D eigenvalue weighted by Gasteiger charge is 2.25. The minimum Gasteiger partial charge on any atom is -0.461 e. The quantitative estimate of drug-likeness (QED) is 0.115. The number of nitro groups is 1. The lowest BCUT2D eigenvalue weighted by atomic mass is 10.2. The van der Waals surface area contributed by atoms with E-state index < -0.39 is 4.92 Å². The van der Waals surface area contributed by atoms with E-state index in [1.54, 1.807) is 34.7 Å². The van der Waals surface area contributed by atoms with E-state index >= 15 is 0 Å². The summed E-state index contributed by atoms with van der Waals surface area (Å²) in [5, 5.41) is 23.6. The van der Waals surface area contributed by atoms with Gasteiger partial charge < -0.3 is 14.2 Å². The van der Waals surface area contributed by atoms with Gasteiger partial charge in [-0.15, -0.1) is 21.5 Å². The van der Waals surface area contributed by atoms with Crippen molar-refractivity contribution in [3.05, 3.63) is 97.6 Å². The molecule has 42 heavy (non-hydrogen) atoms. The van der Waals surface area contributed by atoms with E-state index in [0.29, 0.717) is 59.4 Å².